The van der Waals surface area contributed by atoms with Crippen LogP contribution in [0.3, 0.4) is 0 Å². The molecule has 0 saturated heterocycles. The predicted molar refractivity (Wildman–Crippen MR) is 117 cm³/mol. The van der Waals surface area contributed by atoms with Gasteiger partial charge < -0.3 is 0 Å². The van der Waals surface area contributed by atoms with E-state index in [1.807, 2.05) is 12.1 Å². The fourth-order valence-corrected chi connectivity index (χ4v) is 3.71. The van der Waals surface area contributed by atoms with Crippen LogP contribution >= 0.6 is 23.2 Å². The fraction of sp³-hybridized carbons (Fsp3) is 0.190. The second kappa shape index (κ2) is 8.61. The number of pyridine rings is 2. The Hall–Kier alpha value is -2.28. The number of benzene rings is 1. The van der Waals surface area contributed by atoms with E-state index < -0.39 is 11.0 Å². The molecule has 8 heteroatoms. The van der Waals surface area contributed by atoms with Gasteiger partial charge in [-0.25, -0.2) is 14.2 Å². The molecule has 3 aromatic rings. The zero-order chi connectivity index (χ0) is 21.2. The molecule has 2 aromatic heterocycles. The number of ketones is 1. The predicted octanol–water partition coefficient (Wildman–Crippen LogP) is 5.45. The number of hydrogen-bond donors (Lipinski definition) is 1. The molecule has 2 heterocycles. The molecule has 1 aromatic carbocycles. The van der Waals surface area contributed by atoms with E-state index in [1.54, 1.807) is 18.2 Å². The standard InChI is InChI=1S/C21H19Cl2N3O2S/c1-21(2,3)14-5-7-16(8-6-14)29(28)26-17-10-15(22)12-25-19(17)20(27)13-4-9-18(23)24-11-13/h4-12,26H,1-3H3. The number of halogens is 2. The summed E-state index contributed by atoms with van der Waals surface area (Å²) in [6.45, 7) is 6.33. The molecule has 0 aliphatic heterocycles. The number of aromatic nitrogens is 2. The summed E-state index contributed by atoms with van der Waals surface area (Å²) < 4.78 is 15.7. The average molecular weight is 448 g/mol. The zero-order valence-electron chi connectivity index (χ0n) is 16.1. The lowest BCUT2D eigenvalue weighted by atomic mass is 9.87. The molecule has 150 valence electrons. The average Bonchev–Trinajstić information content (AvgIpc) is 2.67. The van der Waals surface area contributed by atoms with Gasteiger partial charge in [0, 0.05) is 18.0 Å². The summed E-state index contributed by atoms with van der Waals surface area (Å²) in [5.41, 5.74) is 1.81. The molecule has 0 aliphatic carbocycles. The molecule has 29 heavy (non-hydrogen) atoms. The van der Waals surface area contributed by atoms with Crippen molar-refractivity contribution in [3.63, 3.8) is 0 Å². The van der Waals surface area contributed by atoms with Gasteiger partial charge in [0.2, 0.25) is 5.78 Å². The Morgan fingerprint density at radius 1 is 1.00 bits per heavy atom. The maximum Gasteiger partial charge on any atom is 0.215 e. The molecule has 0 radical (unpaired) electrons. The highest BCUT2D eigenvalue weighted by Gasteiger charge is 2.19. The van der Waals surface area contributed by atoms with Gasteiger partial charge in [0.1, 0.15) is 21.8 Å². The topological polar surface area (TPSA) is 72.0 Å². The Bertz CT molecular complexity index is 1060. The van der Waals surface area contributed by atoms with Crippen LogP contribution in [-0.2, 0) is 16.4 Å². The maximum atomic E-state index is 12.8. The molecule has 0 fully saturated rings. The summed E-state index contributed by atoms with van der Waals surface area (Å²) in [4.78, 5) is 21.5. The normalized spacial score (nSPS) is 12.4. The minimum absolute atomic E-state index is 0.00344. The van der Waals surface area contributed by atoms with E-state index in [9.17, 15) is 9.00 Å². The monoisotopic (exact) mass is 447 g/mol. The second-order valence-electron chi connectivity index (χ2n) is 7.39. The minimum Gasteiger partial charge on any atom is -0.299 e. The molecule has 0 spiro atoms. The Kier molecular flexibility index (Phi) is 6.36. The maximum absolute atomic E-state index is 12.8. The fourth-order valence-electron chi connectivity index (χ4n) is 2.58. The zero-order valence-corrected chi connectivity index (χ0v) is 18.4. The summed E-state index contributed by atoms with van der Waals surface area (Å²) >= 11 is 11.8. The van der Waals surface area contributed by atoms with Gasteiger partial charge in [-0.3, -0.25) is 9.52 Å². The van der Waals surface area contributed by atoms with Crippen molar-refractivity contribution in [2.75, 3.05) is 4.72 Å². The van der Waals surface area contributed by atoms with E-state index >= 15 is 0 Å². The van der Waals surface area contributed by atoms with Gasteiger partial charge in [0.25, 0.3) is 0 Å². The molecule has 0 bridgehead atoms. The lowest BCUT2D eigenvalue weighted by molar-refractivity contribution is 0.103. The van der Waals surface area contributed by atoms with Crippen molar-refractivity contribution in [2.45, 2.75) is 31.1 Å². The largest absolute Gasteiger partial charge is 0.299 e. The van der Waals surface area contributed by atoms with Gasteiger partial charge in [0.05, 0.1) is 15.6 Å². The van der Waals surface area contributed by atoms with Crippen molar-refractivity contribution in [3.8, 4) is 0 Å². The van der Waals surface area contributed by atoms with Crippen LogP contribution < -0.4 is 4.72 Å². The van der Waals surface area contributed by atoms with Crippen molar-refractivity contribution in [1.82, 2.24) is 9.97 Å². The first-order valence-electron chi connectivity index (χ1n) is 8.76. The van der Waals surface area contributed by atoms with Gasteiger partial charge >= 0.3 is 0 Å². The number of carbonyl (C=O) groups excluding carboxylic acids is 1. The highest BCUT2D eigenvalue weighted by Crippen LogP contribution is 2.25. The number of rotatable bonds is 5. The molecule has 3 rings (SSSR count). The van der Waals surface area contributed by atoms with Crippen molar-refractivity contribution in [3.05, 3.63) is 81.9 Å². The Balaban J connectivity index is 1.89. The molecule has 1 N–H and O–H groups in total. The van der Waals surface area contributed by atoms with E-state index in [0.29, 0.717) is 15.5 Å². The summed E-state index contributed by atoms with van der Waals surface area (Å²) in [5, 5.41) is 0.599. The van der Waals surface area contributed by atoms with Crippen molar-refractivity contribution < 1.29 is 9.00 Å². The number of anilines is 1. The van der Waals surface area contributed by atoms with Crippen molar-refractivity contribution in [1.29, 1.82) is 0 Å². The van der Waals surface area contributed by atoms with E-state index in [2.05, 4.69) is 35.5 Å². The summed E-state index contributed by atoms with van der Waals surface area (Å²) in [5.74, 6) is -0.381. The highest BCUT2D eigenvalue weighted by atomic mass is 35.5. The molecule has 0 saturated carbocycles. The third-order valence-corrected chi connectivity index (χ3v) is 5.73. The quantitative estimate of drug-likeness (QED) is 0.416. The summed E-state index contributed by atoms with van der Waals surface area (Å²) in [6.07, 6.45) is 2.73. The first-order chi connectivity index (χ1) is 13.6. The van der Waals surface area contributed by atoms with Crippen LogP contribution in [0.25, 0.3) is 0 Å². The summed E-state index contributed by atoms with van der Waals surface area (Å²) in [6, 6.07) is 12.1. The minimum atomic E-state index is -1.60. The molecule has 1 atom stereocenters. The van der Waals surface area contributed by atoms with E-state index in [0.717, 1.165) is 5.56 Å². The molecular formula is C21H19Cl2N3O2S. The van der Waals surface area contributed by atoms with Gasteiger partial charge in [-0.2, -0.15) is 0 Å². The SMILES string of the molecule is CC(C)(C)c1ccc(S(=O)Nc2cc(Cl)cnc2C(=O)c2ccc(Cl)nc2)cc1. The van der Waals surface area contributed by atoms with Gasteiger partial charge in [-0.05, 0) is 41.3 Å². The van der Waals surface area contributed by atoms with Crippen LogP contribution in [0.1, 0.15) is 42.4 Å². The second-order valence-corrected chi connectivity index (χ2v) is 9.43. The molecular weight excluding hydrogens is 429 g/mol. The molecule has 5 nitrogen and oxygen atoms in total. The summed E-state index contributed by atoms with van der Waals surface area (Å²) in [7, 11) is -1.60. The van der Waals surface area contributed by atoms with Crippen LogP contribution in [0, 0.1) is 0 Å². The number of nitrogens with zero attached hydrogens (tertiary/aromatic N) is 2. The number of nitrogens with one attached hydrogen (secondary N) is 1. The number of carbonyl (C=O) groups is 1. The highest BCUT2D eigenvalue weighted by molar-refractivity contribution is 7.86. The van der Waals surface area contributed by atoms with Crippen LogP contribution in [0.2, 0.25) is 10.2 Å². The van der Waals surface area contributed by atoms with E-state index in [4.69, 9.17) is 23.2 Å². The lowest BCUT2D eigenvalue weighted by Gasteiger charge is -2.19. The number of hydrogen-bond acceptors (Lipinski definition) is 4. The van der Waals surface area contributed by atoms with Crippen LogP contribution in [0.15, 0.2) is 59.8 Å². The first-order valence-corrected chi connectivity index (χ1v) is 10.7. The molecule has 0 aliphatic rings. The smallest absolute Gasteiger partial charge is 0.215 e. The van der Waals surface area contributed by atoms with E-state index in [-0.39, 0.29) is 27.7 Å². The van der Waals surface area contributed by atoms with Crippen molar-refractivity contribution in [2.24, 2.45) is 0 Å². The third kappa shape index (κ3) is 5.21. The van der Waals surface area contributed by atoms with Crippen LogP contribution in [-0.4, -0.2) is 20.0 Å². The molecule has 0 amide bonds. The Morgan fingerprint density at radius 2 is 1.69 bits per heavy atom. The van der Waals surface area contributed by atoms with Crippen LogP contribution in [0.5, 0.6) is 0 Å². The Morgan fingerprint density at radius 3 is 2.28 bits per heavy atom. The van der Waals surface area contributed by atoms with E-state index in [1.165, 1.54) is 24.5 Å². The lowest BCUT2D eigenvalue weighted by Crippen LogP contribution is -2.13. The van der Waals surface area contributed by atoms with Gasteiger partial charge in [-0.15, -0.1) is 0 Å². The van der Waals surface area contributed by atoms with Gasteiger partial charge in [-0.1, -0.05) is 56.1 Å². The third-order valence-electron chi connectivity index (χ3n) is 4.20. The Labute approximate surface area is 182 Å². The van der Waals surface area contributed by atoms with Crippen LogP contribution in [0.4, 0.5) is 5.69 Å². The molecule has 1 unspecified atom stereocenters. The first kappa shape index (κ1) is 21.4. The van der Waals surface area contributed by atoms with Gasteiger partial charge in [0.15, 0.2) is 0 Å². The van der Waals surface area contributed by atoms with Crippen molar-refractivity contribution >= 4 is 45.7 Å².